The Labute approximate surface area is 162 Å². The first-order valence-electron chi connectivity index (χ1n) is 8.44. The lowest BCUT2D eigenvalue weighted by molar-refractivity contribution is 0.0601. The number of thiophene rings is 1. The van der Waals surface area contributed by atoms with Crippen LogP contribution in [0.5, 0.6) is 0 Å². The Morgan fingerprint density at radius 2 is 1.78 bits per heavy atom. The van der Waals surface area contributed by atoms with Gasteiger partial charge < -0.3 is 15.4 Å². The fourth-order valence-corrected chi connectivity index (χ4v) is 3.34. The SMILES string of the molecule is COC(=O)c1ccccc1NCc1cccc(NC(=O)c2cccs2)c1C. The summed E-state index contributed by atoms with van der Waals surface area (Å²) in [5.41, 5.74) is 3.97. The van der Waals surface area contributed by atoms with E-state index in [1.54, 1.807) is 18.2 Å². The minimum atomic E-state index is -0.383. The maximum Gasteiger partial charge on any atom is 0.339 e. The van der Waals surface area contributed by atoms with Gasteiger partial charge in [-0.2, -0.15) is 0 Å². The van der Waals surface area contributed by atoms with E-state index in [1.807, 2.05) is 48.7 Å². The first-order valence-corrected chi connectivity index (χ1v) is 9.32. The van der Waals surface area contributed by atoms with Crippen molar-refractivity contribution in [1.82, 2.24) is 0 Å². The van der Waals surface area contributed by atoms with Crippen LogP contribution in [0.4, 0.5) is 11.4 Å². The second-order valence-corrected chi connectivity index (χ2v) is 6.86. The van der Waals surface area contributed by atoms with Crippen LogP contribution in [0.2, 0.25) is 0 Å². The zero-order chi connectivity index (χ0) is 19.2. The molecule has 2 N–H and O–H groups in total. The number of methoxy groups -OCH3 is 1. The summed E-state index contributed by atoms with van der Waals surface area (Å²) in [5.74, 6) is -0.499. The number of amides is 1. The van der Waals surface area contributed by atoms with E-state index < -0.39 is 0 Å². The van der Waals surface area contributed by atoms with Crippen LogP contribution in [0.15, 0.2) is 60.0 Å². The minimum Gasteiger partial charge on any atom is -0.465 e. The third kappa shape index (κ3) is 4.35. The fourth-order valence-electron chi connectivity index (χ4n) is 2.72. The molecule has 0 spiro atoms. The van der Waals surface area contributed by atoms with E-state index >= 15 is 0 Å². The quantitative estimate of drug-likeness (QED) is 0.608. The molecule has 0 bridgehead atoms. The maximum atomic E-state index is 12.3. The first-order chi connectivity index (χ1) is 13.1. The summed E-state index contributed by atoms with van der Waals surface area (Å²) in [5, 5.41) is 8.12. The van der Waals surface area contributed by atoms with Crippen molar-refractivity contribution >= 4 is 34.6 Å². The Balaban J connectivity index is 1.75. The lowest BCUT2D eigenvalue weighted by Crippen LogP contribution is -2.13. The molecule has 2 aromatic carbocycles. The van der Waals surface area contributed by atoms with E-state index in [9.17, 15) is 9.59 Å². The summed E-state index contributed by atoms with van der Waals surface area (Å²) >= 11 is 1.41. The molecule has 0 fully saturated rings. The van der Waals surface area contributed by atoms with Gasteiger partial charge in [-0.3, -0.25) is 4.79 Å². The molecule has 6 heteroatoms. The highest BCUT2D eigenvalue weighted by Crippen LogP contribution is 2.23. The third-order valence-electron chi connectivity index (χ3n) is 4.24. The van der Waals surface area contributed by atoms with Gasteiger partial charge in [0.05, 0.1) is 17.6 Å². The van der Waals surface area contributed by atoms with Crippen molar-refractivity contribution in [2.45, 2.75) is 13.5 Å². The molecular formula is C21H20N2O3S. The summed E-state index contributed by atoms with van der Waals surface area (Å²) in [7, 11) is 1.36. The second-order valence-electron chi connectivity index (χ2n) is 5.91. The van der Waals surface area contributed by atoms with Gasteiger partial charge in [0.15, 0.2) is 0 Å². The lowest BCUT2D eigenvalue weighted by Gasteiger charge is -2.15. The predicted octanol–water partition coefficient (Wildman–Crippen LogP) is 4.71. The number of rotatable bonds is 6. The van der Waals surface area contributed by atoms with E-state index in [-0.39, 0.29) is 11.9 Å². The molecule has 1 heterocycles. The van der Waals surface area contributed by atoms with Crippen LogP contribution < -0.4 is 10.6 Å². The van der Waals surface area contributed by atoms with Crippen LogP contribution in [0.25, 0.3) is 0 Å². The zero-order valence-electron chi connectivity index (χ0n) is 15.1. The molecule has 0 radical (unpaired) electrons. The number of hydrogen-bond acceptors (Lipinski definition) is 5. The highest BCUT2D eigenvalue weighted by molar-refractivity contribution is 7.12. The van der Waals surface area contributed by atoms with E-state index in [4.69, 9.17) is 4.74 Å². The van der Waals surface area contributed by atoms with Crippen molar-refractivity contribution in [3.63, 3.8) is 0 Å². The van der Waals surface area contributed by atoms with Crippen molar-refractivity contribution in [1.29, 1.82) is 0 Å². The van der Waals surface area contributed by atoms with E-state index in [2.05, 4.69) is 10.6 Å². The summed E-state index contributed by atoms with van der Waals surface area (Å²) < 4.78 is 4.83. The minimum absolute atomic E-state index is 0.116. The van der Waals surface area contributed by atoms with Crippen LogP contribution in [0.1, 0.15) is 31.2 Å². The van der Waals surface area contributed by atoms with Gasteiger partial charge in [0.25, 0.3) is 5.91 Å². The number of esters is 1. The van der Waals surface area contributed by atoms with Gasteiger partial charge in [0, 0.05) is 17.9 Å². The van der Waals surface area contributed by atoms with Crippen molar-refractivity contribution in [3.05, 3.63) is 81.5 Å². The predicted molar refractivity (Wildman–Crippen MR) is 109 cm³/mol. The van der Waals surface area contributed by atoms with Crippen molar-refractivity contribution < 1.29 is 14.3 Å². The Bertz CT molecular complexity index is 952. The van der Waals surface area contributed by atoms with Crippen molar-refractivity contribution in [3.8, 4) is 0 Å². The Morgan fingerprint density at radius 3 is 2.52 bits per heavy atom. The summed E-state index contributed by atoms with van der Waals surface area (Å²) in [6, 6.07) is 16.6. The monoisotopic (exact) mass is 380 g/mol. The van der Waals surface area contributed by atoms with Gasteiger partial charge in [-0.25, -0.2) is 4.79 Å². The molecule has 0 atom stereocenters. The van der Waals surface area contributed by atoms with Crippen LogP contribution in [0.3, 0.4) is 0 Å². The molecule has 0 unspecified atom stereocenters. The number of para-hydroxylation sites is 1. The van der Waals surface area contributed by atoms with Crippen LogP contribution in [-0.4, -0.2) is 19.0 Å². The van der Waals surface area contributed by atoms with Gasteiger partial charge >= 0.3 is 5.97 Å². The average Bonchev–Trinajstić information content (AvgIpc) is 3.23. The van der Waals surface area contributed by atoms with Crippen LogP contribution >= 0.6 is 11.3 Å². The van der Waals surface area contributed by atoms with Gasteiger partial charge in [0.2, 0.25) is 0 Å². The standard InChI is InChI=1S/C21H20N2O3S/c1-14-15(13-22-18-9-4-3-8-16(18)21(25)26-2)7-5-10-17(14)23-20(24)19-11-6-12-27-19/h3-12,22H,13H2,1-2H3,(H,23,24). The molecule has 1 amide bonds. The smallest absolute Gasteiger partial charge is 0.339 e. The number of carbonyl (C=O) groups is 2. The topological polar surface area (TPSA) is 67.4 Å². The maximum absolute atomic E-state index is 12.3. The van der Waals surface area contributed by atoms with Crippen LogP contribution in [-0.2, 0) is 11.3 Å². The normalized spacial score (nSPS) is 10.3. The van der Waals surface area contributed by atoms with Gasteiger partial charge in [-0.15, -0.1) is 11.3 Å². The number of nitrogens with one attached hydrogen (secondary N) is 2. The molecule has 27 heavy (non-hydrogen) atoms. The molecule has 0 saturated heterocycles. The highest BCUT2D eigenvalue weighted by atomic mass is 32.1. The third-order valence-corrected chi connectivity index (χ3v) is 5.11. The molecule has 3 aromatic rings. The van der Waals surface area contributed by atoms with Gasteiger partial charge in [0.1, 0.15) is 0 Å². The lowest BCUT2D eigenvalue weighted by atomic mass is 10.1. The number of anilines is 2. The second kappa shape index (κ2) is 8.51. The number of carbonyl (C=O) groups excluding carboxylic acids is 2. The number of ether oxygens (including phenoxy) is 1. The van der Waals surface area contributed by atoms with Crippen molar-refractivity contribution in [2.75, 3.05) is 17.7 Å². The first kappa shape index (κ1) is 18.7. The molecule has 0 saturated carbocycles. The molecule has 0 aliphatic rings. The van der Waals surface area contributed by atoms with Crippen LogP contribution in [0, 0.1) is 6.92 Å². The fraction of sp³-hybridized carbons (Fsp3) is 0.143. The molecule has 138 valence electrons. The number of benzene rings is 2. The van der Waals surface area contributed by atoms with E-state index in [1.165, 1.54) is 18.4 Å². The molecule has 3 rings (SSSR count). The van der Waals surface area contributed by atoms with E-state index in [0.717, 1.165) is 16.8 Å². The molecule has 0 aliphatic carbocycles. The Kier molecular flexibility index (Phi) is 5.88. The molecule has 1 aromatic heterocycles. The average molecular weight is 380 g/mol. The zero-order valence-corrected chi connectivity index (χ0v) is 15.9. The largest absolute Gasteiger partial charge is 0.465 e. The summed E-state index contributed by atoms with van der Waals surface area (Å²) in [6.45, 7) is 2.48. The summed E-state index contributed by atoms with van der Waals surface area (Å²) in [6.07, 6.45) is 0. The van der Waals surface area contributed by atoms with Gasteiger partial charge in [-0.1, -0.05) is 30.3 Å². The molecule has 5 nitrogen and oxygen atoms in total. The highest BCUT2D eigenvalue weighted by Gasteiger charge is 2.13. The van der Waals surface area contributed by atoms with Crippen molar-refractivity contribution in [2.24, 2.45) is 0 Å². The van der Waals surface area contributed by atoms with E-state index in [0.29, 0.717) is 22.7 Å². The Hall–Kier alpha value is -3.12. The number of hydrogen-bond donors (Lipinski definition) is 2. The summed E-state index contributed by atoms with van der Waals surface area (Å²) in [4.78, 5) is 24.9. The Morgan fingerprint density at radius 1 is 1.00 bits per heavy atom. The molecular weight excluding hydrogens is 360 g/mol. The van der Waals surface area contributed by atoms with Gasteiger partial charge in [-0.05, 0) is 47.7 Å². The molecule has 0 aliphatic heterocycles.